The Morgan fingerprint density at radius 1 is 1.58 bits per heavy atom. The summed E-state index contributed by atoms with van der Waals surface area (Å²) in [5.74, 6) is 0.831. The molecule has 0 aliphatic heterocycles. The second kappa shape index (κ2) is 4.27. The molecule has 0 atom stereocenters. The summed E-state index contributed by atoms with van der Waals surface area (Å²) in [5, 5.41) is 2.99. The number of rotatable bonds is 3. The predicted molar refractivity (Wildman–Crippen MR) is 50.3 cm³/mol. The van der Waals surface area contributed by atoms with E-state index in [1.54, 1.807) is 13.3 Å². The Balaban J connectivity index is 2.78. The number of hydrogen-bond donors (Lipinski definition) is 1. The summed E-state index contributed by atoms with van der Waals surface area (Å²) in [6.45, 7) is 3.44. The highest BCUT2D eigenvalue weighted by molar-refractivity contribution is 5.49. The lowest BCUT2D eigenvalue weighted by atomic mass is 10.3. The third-order valence-corrected chi connectivity index (χ3v) is 1.41. The first kappa shape index (κ1) is 8.44. The Morgan fingerprint density at radius 2 is 2.42 bits per heavy atom. The van der Waals surface area contributed by atoms with E-state index in [0.717, 1.165) is 11.4 Å². The second-order valence-corrected chi connectivity index (χ2v) is 2.22. The fourth-order valence-electron chi connectivity index (χ4n) is 0.847. The molecule has 1 aromatic rings. The number of methoxy groups -OCH3 is 1. The molecule has 62 valence electrons. The standard InChI is InChI=1S/C10H11NO/c1-3-7-11-9-5-4-6-10(8-9)12-2/h4-8,11H,1H2,2H3. The van der Waals surface area contributed by atoms with E-state index in [-0.39, 0.29) is 0 Å². The molecule has 0 radical (unpaired) electrons. The Labute approximate surface area is 72.2 Å². The number of anilines is 1. The number of ether oxygens (including phenoxy) is 1. The van der Waals surface area contributed by atoms with E-state index in [2.05, 4.69) is 17.6 Å². The van der Waals surface area contributed by atoms with Crippen LogP contribution in [0.5, 0.6) is 5.75 Å². The van der Waals surface area contributed by atoms with Gasteiger partial charge in [-0.15, -0.1) is 5.73 Å². The summed E-state index contributed by atoms with van der Waals surface area (Å²) in [5.41, 5.74) is 3.59. The molecule has 0 unspecified atom stereocenters. The molecule has 0 fully saturated rings. The van der Waals surface area contributed by atoms with Gasteiger partial charge in [0.15, 0.2) is 0 Å². The smallest absolute Gasteiger partial charge is 0.120 e. The molecule has 0 spiro atoms. The van der Waals surface area contributed by atoms with Gasteiger partial charge in [0, 0.05) is 18.0 Å². The van der Waals surface area contributed by atoms with Crippen LogP contribution in [0.4, 0.5) is 5.69 Å². The fourth-order valence-corrected chi connectivity index (χ4v) is 0.847. The van der Waals surface area contributed by atoms with Gasteiger partial charge in [0.1, 0.15) is 5.75 Å². The minimum absolute atomic E-state index is 0.831. The minimum atomic E-state index is 0.831. The van der Waals surface area contributed by atoms with Crippen molar-refractivity contribution in [3.63, 3.8) is 0 Å². The van der Waals surface area contributed by atoms with E-state index in [0.29, 0.717) is 0 Å². The van der Waals surface area contributed by atoms with Gasteiger partial charge < -0.3 is 10.1 Å². The molecule has 0 aliphatic rings. The fraction of sp³-hybridized carbons (Fsp3) is 0.100. The van der Waals surface area contributed by atoms with E-state index in [9.17, 15) is 0 Å². The summed E-state index contributed by atoms with van der Waals surface area (Å²) < 4.78 is 5.04. The molecular formula is C10H11NO. The lowest BCUT2D eigenvalue weighted by Crippen LogP contribution is -1.87. The van der Waals surface area contributed by atoms with E-state index in [1.165, 1.54) is 0 Å². The average molecular weight is 161 g/mol. The monoisotopic (exact) mass is 161 g/mol. The van der Waals surface area contributed by atoms with Crippen LogP contribution in [0.15, 0.2) is 42.8 Å². The first-order chi connectivity index (χ1) is 5.86. The van der Waals surface area contributed by atoms with E-state index in [1.807, 2.05) is 24.3 Å². The van der Waals surface area contributed by atoms with Gasteiger partial charge in [-0.3, -0.25) is 0 Å². The maximum atomic E-state index is 5.04. The first-order valence-electron chi connectivity index (χ1n) is 3.61. The Morgan fingerprint density at radius 3 is 3.08 bits per heavy atom. The van der Waals surface area contributed by atoms with Crippen LogP contribution in [-0.2, 0) is 0 Å². The third kappa shape index (κ3) is 2.19. The van der Waals surface area contributed by atoms with Gasteiger partial charge in [-0.1, -0.05) is 12.6 Å². The largest absolute Gasteiger partial charge is 0.497 e. The van der Waals surface area contributed by atoms with Crippen molar-refractivity contribution in [2.24, 2.45) is 0 Å². The van der Waals surface area contributed by atoms with Crippen molar-refractivity contribution < 1.29 is 4.74 Å². The van der Waals surface area contributed by atoms with Gasteiger partial charge in [-0.25, -0.2) is 0 Å². The van der Waals surface area contributed by atoms with Crippen molar-refractivity contribution in [3.8, 4) is 5.75 Å². The maximum Gasteiger partial charge on any atom is 0.120 e. The number of benzene rings is 1. The van der Waals surface area contributed by atoms with Gasteiger partial charge in [-0.2, -0.15) is 0 Å². The van der Waals surface area contributed by atoms with Gasteiger partial charge in [-0.05, 0) is 12.1 Å². The highest BCUT2D eigenvalue weighted by atomic mass is 16.5. The molecule has 1 aromatic carbocycles. The van der Waals surface area contributed by atoms with Crippen LogP contribution in [0.1, 0.15) is 0 Å². The van der Waals surface area contributed by atoms with Gasteiger partial charge >= 0.3 is 0 Å². The normalized spacial score (nSPS) is 8.42. The molecule has 0 saturated carbocycles. The molecule has 0 bridgehead atoms. The summed E-state index contributed by atoms with van der Waals surface area (Å²) in [7, 11) is 1.64. The summed E-state index contributed by atoms with van der Waals surface area (Å²) in [6, 6.07) is 7.64. The first-order valence-corrected chi connectivity index (χ1v) is 3.61. The number of hydrogen-bond acceptors (Lipinski definition) is 2. The molecule has 0 saturated heterocycles. The molecule has 1 N–H and O–H groups in total. The molecule has 2 heteroatoms. The van der Waals surface area contributed by atoms with Crippen molar-refractivity contribution >= 4 is 5.69 Å². The summed E-state index contributed by atoms with van der Waals surface area (Å²) in [6.07, 6.45) is 1.65. The molecule has 0 heterocycles. The van der Waals surface area contributed by atoms with Crippen molar-refractivity contribution in [1.82, 2.24) is 0 Å². The van der Waals surface area contributed by atoms with Crippen LogP contribution in [0.2, 0.25) is 0 Å². The molecule has 0 aromatic heterocycles. The van der Waals surface area contributed by atoms with Crippen LogP contribution < -0.4 is 10.1 Å². The van der Waals surface area contributed by atoms with Crippen LogP contribution in [0, 0.1) is 0 Å². The molecule has 12 heavy (non-hydrogen) atoms. The topological polar surface area (TPSA) is 21.3 Å². The van der Waals surface area contributed by atoms with Crippen molar-refractivity contribution in [1.29, 1.82) is 0 Å². The summed E-state index contributed by atoms with van der Waals surface area (Å²) >= 11 is 0. The minimum Gasteiger partial charge on any atom is -0.497 e. The van der Waals surface area contributed by atoms with E-state index < -0.39 is 0 Å². The Bertz CT molecular complexity index is 300. The lowest BCUT2D eigenvalue weighted by molar-refractivity contribution is 0.415. The molecule has 1 rings (SSSR count). The third-order valence-electron chi connectivity index (χ3n) is 1.41. The lowest BCUT2D eigenvalue weighted by Gasteiger charge is -2.02. The van der Waals surface area contributed by atoms with Crippen LogP contribution in [-0.4, -0.2) is 7.11 Å². The van der Waals surface area contributed by atoms with Gasteiger partial charge in [0.25, 0.3) is 0 Å². The molecule has 2 nitrogen and oxygen atoms in total. The van der Waals surface area contributed by atoms with Gasteiger partial charge in [0.05, 0.1) is 7.11 Å². The second-order valence-electron chi connectivity index (χ2n) is 2.22. The van der Waals surface area contributed by atoms with Gasteiger partial charge in [0.2, 0.25) is 0 Å². The Hall–Kier alpha value is -1.66. The number of nitrogens with one attached hydrogen (secondary N) is 1. The molecule has 0 amide bonds. The highest BCUT2D eigenvalue weighted by Crippen LogP contribution is 2.16. The summed E-state index contributed by atoms with van der Waals surface area (Å²) in [4.78, 5) is 0. The van der Waals surface area contributed by atoms with E-state index >= 15 is 0 Å². The zero-order valence-electron chi connectivity index (χ0n) is 7.00. The SMILES string of the molecule is C=C=CNc1cccc(OC)c1. The zero-order chi connectivity index (χ0) is 8.81. The average Bonchev–Trinajstić information content (AvgIpc) is 2.15. The van der Waals surface area contributed by atoms with Crippen LogP contribution in [0.25, 0.3) is 0 Å². The van der Waals surface area contributed by atoms with Crippen LogP contribution in [0.3, 0.4) is 0 Å². The molecular weight excluding hydrogens is 150 g/mol. The zero-order valence-corrected chi connectivity index (χ0v) is 7.00. The quantitative estimate of drug-likeness (QED) is 0.687. The van der Waals surface area contributed by atoms with E-state index in [4.69, 9.17) is 4.74 Å². The maximum absolute atomic E-state index is 5.04. The highest BCUT2D eigenvalue weighted by Gasteiger charge is 1.91. The van der Waals surface area contributed by atoms with Crippen molar-refractivity contribution in [3.05, 3.63) is 42.8 Å². The van der Waals surface area contributed by atoms with Crippen LogP contribution >= 0.6 is 0 Å². The predicted octanol–water partition coefficient (Wildman–Crippen LogP) is 2.41. The van der Waals surface area contributed by atoms with Crippen molar-refractivity contribution in [2.75, 3.05) is 12.4 Å². The Kier molecular flexibility index (Phi) is 3.00. The molecule has 0 aliphatic carbocycles. The van der Waals surface area contributed by atoms with Crippen molar-refractivity contribution in [2.45, 2.75) is 0 Å².